The van der Waals surface area contributed by atoms with Gasteiger partial charge in [0.05, 0.1) is 16.7 Å². The van der Waals surface area contributed by atoms with Crippen molar-refractivity contribution in [3.05, 3.63) is 33.8 Å². The van der Waals surface area contributed by atoms with Crippen molar-refractivity contribution in [2.45, 2.75) is 19.3 Å². The zero-order valence-corrected chi connectivity index (χ0v) is 13.0. The minimum Gasteiger partial charge on any atom is -0.381 e. The molecule has 0 bridgehead atoms. The van der Waals surface area contributed by atoms with E-state index in [0.29, 0.717) is 21.9 Å². The Labute approximate surface area is 125 Å². The van der Waals surface area contributed by atoms with Crippen molar-refractivity contribution in [3.8, 4) is 0 Å². The van der Waals surface area contributed by atoms with E-state index >= 15 is 0 Å². The summed E-state index contributed by atoms with van der Waals surface area (Å²) in [6, 6.07) is 6.01. The highest BCUT2D eigenvalue weighted by Gasteiger charge is 2.29. The molecule has 19 heavy (non-hydrogen) atoms. The highest BCUT2D eigenvalue weighted by atomic mass is 35.5. The van der Waals surface area contributed by atoms with Gasteiger partial charge in [-0.2, -0.15) is 0 Å². The molecule has 2 rings (SSSR count). The maximum atomic E-state index is 6.14. The molecule has 0 N–H and O–H groups in total. The molecule has 1 fully saturated rings. The van der Waals surface area contributed by atoms with Crippen LogP contribution in [-0.2, 0) is 4.74 Å². The van der Waals surface area contributed by atoms with Gasteiger partial charge < -0.3 is 9.64 Å². The fraction of sp³-hybridized carbons (Fsp3) is 0.600. The Kier molecular flexibility index (Phi) is 5.52. The number of ether oxygens (including phenoxy) is 1. The Morgan fingerprint density at radius 1 is 1.32 bits per heavy atom. The molecular weight excluding hydrogens is 281 g/mol. The van der Waals surface area contributed by atoms with Gasteiger partial charge in [-0.25, -0.2) is 0 Å². The smallest absolute Gasteiger partial charge is 0.0595 e. The van der Waals surface area contributed by atoms with Crippen molar-refractivity contribution >= 4 is 23.2 Å². The number of hydrogen-bond acceptors (Lipinski definition) is 2. The molecule has 1 aliphatic rings. The van der Waals surface area contributed by atoms with E-state index in [1.807, 2.05) is 19.1 Å². The molecule has 1 heterocycles. The fourth-order valence-electron chi connectivity index (χ4n) is 2.83. The van der Waals surface area contributed by atoms with Gasteiger partial charge in [-0.3, -0.25) is 0 Å². The fourth-order valence-corrected chi connectivity index (χ4v) is 3.14. The van der Waals surface area contributed by atoms with E-state index in [1.165, 1.54) is 5.56 Å². The van der Waals surface area contributed by atoms with Crippen LogP contribution in [0.1, 0.15) is 24.8 Å². The number of benzene rings is 1. The molecule has 106 valence electrons. The number of nitrogens with zero attached hydrogens (tertiary/aromatic N) is 1. The quantitative estimate of drug-likeness (QED) is 0.831. The van der Waals surface area contributed by atoms with E-state index in [4.69, 9.17) is 27.9 Å². The van der Waals surface area contributed by atoms with E-state index in [2.05, 4.69) is 18.0 Å². The van der Waals surface area contributed by atoms with Gasteiger partial charge in [-0.05, 0) is 50.6 Å². The first-order valence-corrected chi connectivity index (χ1v) is 7.58. The lowest BCUT2D eigenvalue weighted by Gasteiger charge is -2.37. The number of rotatable bonds is 4. The molecule has 1 saturated heterocycles. The lowest BCUT2D eigenvalue weighted by molar-refractivity contribution is 0.0628. The van der Waals surface area contributed by atoms with Crippen molar-refractivity contribution < 1.29 is 4.74 Å². The largest absolute Gasteiger partial charge is 0.381 e. The molecule has 0 radical (unpaired) electrons. The third-order valence-electron chi connectivity index (χ3n) is 3.84. The van der Waals surface area contributed by atoms with Crippen LogP contribution >= 0.6 is 23.2 Å². The van der Waals surface area contributed by atoms with Crippen LogP contribution in [0.5, 0.6) is 0 Å². The molecular formula is C15H21Cl2NO. The minimum absolute atomic E-state index is 0.512. The third kappa shape index (κ3) is 3.85. The highest BCUT2D eigenvalue weighted by molar-refractivity contribution is 6.42. The zero-order valence-electron chi connectivity index (χ0n) is 11.5. The molecule has 0 saturated carbocycles. The van der Waals surface area contributed by atoms with Crippen molar-refractivity contribution in [2.75, 3.05) is 33.4 Å². The first kappa shape index (κ1) is 15.1. The van der Waals surface area contributed by atoms with Crippen LogP contribution in [0.25, 0.3) is 0 Å². The number of halogens is 2. The van der Waals surface area contributed by atoms with Crippen LogP contribution < -0.4 is 0 Å². The second-order valence-corrected chi connectivity index (χ2v) is 6.06. The van der Waals surface area contributed by atoms with Crippen molar-refractivity contribution in [1.29, 1.82) is 0 Å². The van der Waals surface area contributed by atoms with Crippen molar-refractivity contribution in [1.82, 2.24) is 4.90 Å². The summed E-state index contributed by atoms with van der Waals surface area (Å²) in [7, 11) is 2.17. The average Bonchev–Trinajstić information content (AvgIpc) is 2.40. The molecule has 2 atom stereocenters. The standard InChI is InChI=1S/C15H21Cl2NO/c1-3-19-10-12-9-18(2)7-6-13(12)11-4-5-14(16)15(17)8-11/h4-5,8,12-13H,3,6-7,9-10H2,1-2H3/t12-,13-/m1/s1. The second-order valence-electron chi connectivity index (χ2n) is 5.25. The van der Waals surface area contributed by atoms with E-state index < -0.39 is 0 Å². The lowest BCUT2D eigenvalue weighted by Crippen LogP contribution is -2.39. The third-order valence-corrected chi connectivity index (χ3v) is 4.58. The summed E-state index contributed by atoms with van der Waals surface area (Å²) in [6.07, 6.45) is 1.15. The Bertz CT molecular complexity index is 425. The van der Waals surface area contributed by atoms with Gasteiger partial charge >= 0.3 is 0 Å². The average molecular weight is 302 g/mol. The van der Waals surface area contributed by atoms with Crippen LogP contribution in [0.2, 0.25) is 10.0 Å². The number of hydrogen-bond donors (Lipinski definition) is 0. The second kappa shape index (κ2) is 6.94. The first-order chi connectivity index (χ1) is 9.11. The summed E-state index contributed by atoms with van der Waals surface area (Å²) in [5.41, 5.74) is 1.28. The molecule has 1 aromatic carbocycles. The molecule has 0 aliphatic carbocycles. The van der Waals surface area contributed by atoms with E-state index in [9.17, 15) is 0 Å². The van der Waals surface area contributed by atoms with Crippen molar-refractivity contribution in [2.24, 2.45) is 5.92 Å². The first-order valence-electron chi connectivity index (χ1n) is 6.83. The Morgan fingerprint density at radius 2 is 2.11 bits per heavy atom. The summed E-state index contributed by atoms with van der Waals surface area (Å²) < 4.78 is 5.64. The summed E-state index contributed by atoms with van der Waals surface area (Å²) in [4.78, 5) is 2.37. The summed E-state index contributed by atoms with van der Waals surface area (Å²) in [6.45, 7) is 5.82. The summed E-state index contributed by atoms with van der Waals surface area (Å²) >= 11 is 12.1. The van der Waals surface area contributed by atoms with Crippen LogP contribution in [0.15, 0.2) is 18.2 Å². The van der Waals surface area contributed by atoms with Gasteiger partial charge in [-0.1, -0.05) is 29.3 Å². The van der Waals surface area contributed by atoms with E-state index in [-0.39, 0.29) is 0 Å². The van der Waals surface area contributed by atoms with Gasteiger partial charge in [0.25, 0.3) is 0 Å². The SMILES string of the molecule is CCOC[C@H]1CN(C)CC[C@@H]1c1ccc(Cl)c(Cl)c1. The van der Waals surface area contributed by atoms with Crippen molar-refractivity contribution in [3.63, 3.8) is 0 Å². The normalized spacial score (nSPS) is 24.6. The van der Waals surface area contributed by atoms with Gasteiger partial charge in [0.15, 0.2) is 0 Å². The Morgan fingerprint density at radius 3 is 2.79 bits per heavy atom. The molecule has 2 nitrogen and oxygen atoms in total. The molecule has 1 aromatic rings. The molecule has 0 aromatic heterocycles. The molecule has 0 unspecified atom stereocenters. The van der Waals surface area contributed by atoms with E-state index in [0.717, 1.165) is 32.7 Å². The predicted molar refractivity (Wildman–Crippen MR) is 81.3 cm³/mol. The lowest BCUT2D eigenvalue weighted by atomic mass is 9.81. The minimum atomic E-state index is 0.512. The van der Waals surface area contributed by atoms with Crippen LogP contribution in [0.4, 0.5) is 0 Å². The van der Waals surface area contributed by atoms with Gasteiger partial charge in [0.1, 0.15) is 0 Å². The molecule has 0 amide bonds. The summed E-state index contributed by atoms with van der Waals surface area (Å²) in [5, 5.41) is 1.27. The number of likely N-dealkylation sites (tertiary alicyclic amines) is 1. The molecule has 4 heteroatoms. The number of piperidine rings is 1. The van der Waals surface area contributed by atoms with Crippen LogP contribution in [0.3, 0.4) is 0 Å². The van der Waals surface area contributed by atoms with Gasteiger partial charge in [0.2, 0.25) is 0 Å². The Hall–Kier alpha value is -0.280. The molecule has 1 aliphatic heterocycles. The summed E-state index contributed by atoms with van der Waals surface area (Å²) in [5.74, 6) is 1.04. The Balaban J connectivity index is 2.16. The highest BCUT2D eigenvalue weighted by Crippen LogP contribution is 2.35. The maximum Gasteiger partial charge on any atom is 0.0595 e. The zero-order chi connectivity index (χ0) is 13.8. The van der Waals surface area contributed by atoms with Gasteiger partial charge in [0, 0.05) is 19.1 Å². The van der Waals surface area contributed by atoms with E-state index in [1.54, 1.807) is 0 Å². The monoisotopic (exact) mass is 301 g/mol. The predicted octanol–water partition coefficient (Wildman–Crippen LogP) is 4.07. The maximum absolute atomic E-state index is 6.14. The molecule has 0 spiro atoms. The topological polar surface area (TPSA) is 12.5 Å². The van der Waals surface area contributed by atoms with Crippen LogP contribution in [-0.4, -0.2) is 38.3 Å². The van der Waals surface area contributed by atoms with Crippen LogP contribution in [0, 0.1) is 5.92 Å². The van der Waals surface area contributed by atoms with Gasteiger partial charge in [-0.15, -0.1) is 0 Å².